The van der Waals surface area contributed by atoms with Gasteiger partial charge in [0.2, 0.25) is 0 Å². The van der Waals surface area contributed by atoms with Gasteiger partial charge in [0.1, 0.15) is 5.00 Å². The van der Waals surface area contributed by atoms with E-state index in [2.05, 4.69) is 10.6 Å². The third kappa shape index (κ3) is 4.36. The maximum Gasteiger partial charge on any atom is 0.269 e. The molecule has 2 aliphatic rings. The van der Waals surface area contributed by atoms with Gasteiger partial charge in [-0.15, -0.1) is 11.3 Å². The van der Waals surface area contributed by atoms with Gasteiger partial charge in [-0.2, -0.15) is 0 Å². The van der Waals surface area contributed by atoms with Crippen LogP contribution in [0.25, 0.3) is 0 Å². The van der Waals surface area contributed by atoms with Crippen molar-refractivity contribution in [2.24, 2.45) is 0 Å². The minimum atomic E-state index is -0.508. The van der Waals surface area contributed by atoms with E-state index in [1.165, 1.54) is 35.6 Å². The molecule has 1 aliphatic heterocycles. The average molecular weight is 429 g/mol. The second-order valence-corrected chi connectivity index (χ2v) is 8.62. The molecule has 1 saturated heterocycles. The number of nitrogens with zero attached hydrogens (tertiary/aromatic N) is 1. The molecule has 1 aromatic carbocycles. The number of carbonyl (C=O) groups is 2. The van der Waals surface area contributed by atoms with Crippen LogP contribution in [0, 0.1) is 10.1 Å². The molecule has 2 heterocycles. The lowest BCUT2D eigenvalue weighted by Gasteiger charge is -2.15. The lowest BCUT2D eigenvalue weighted by atomic mass is 9.95. The quantitative estimate of drug-likeness (QED) is 0.537. The molecule has 2 aromatic rings. The topological polar surface area (TPSA) is 111 Å². The van der Waals surface area contributed by atoms with Crippen LogP contribution in [0.3, 0.4) is 0 Å². The molecule has 0 radical (unpaired) electrons. The summed E-state index contributed by atoms with van der Waals surface area (Å²) in [5, 5.41) is 17.2. The van der Waals surface area contributed by atoms with Gasteiger partial charge in [0.15, 0.2) is 0 Å². The Labute approximate surface area is 177 Å². The molecule has 8 nitrogen and oxygen atoms in total. The predicted molar refractivity (Wildman–Crippen MR) is 113 cm³/mol. The fraction of sp³-hybridized carbons (Fsp3) is 0.429. The molecule has 0 saturated carbocycles. The lowest BCUT2D eigenvalue weighted by Crippen LogP contribution is -2.32. The van der Waals surface area contributed by atoms with E-state index < -0.39 is 10.8 Å². The molecule has 30 heavy (non-hydrogen) atoms. The van der Waals surface area contributed by atoms with E-state index in [1.54, 1.807) is 0 Å². The number of hydrogen-bond donors (Lipinski definition) is 2. The first-order valence-corrected chi connectivity index (χ1v) is 10.9. The molecule has 1 aliphatic carbocycles. The van der Waals surface area contributed by atoms with Crippen LogP contribution in [-0.2, 0) is 17.6 Å². The molecular weight excluding hydrogens is 406 g/mol. The predicted octanol–water partition coefficient (Wildman–Crippen LogP) is 3.70. The molecule has 2 amide bonds. The van der Waals surface area contributed by atoms with Gasteiger partial charge in [0, 0.05) is 35.7 Å². The SMILES string of the molecule is O=C(Nc1sc2c(c1C(=O)NC[C@@H]1CCCO1)CCCC2)c1ccc([N+](=O)[O-])cc1. The highest BCUT2D eigenvalue weighted by Crippen LogP contribution is 2.38. The Hall–Kier alpha value is -2.78. The number of ether oxygens (including phenoxy) is 1. The molecule has 4 rings (SSSR count). The fourth-order valence-corrected chi connectivity index (χ4v) is 5.19. The van der Waals surface area contributed by atoms with E-state index in [-0.39, 0.29) is 17.7 Å². The Morgan fingerprint density at radius 1 is 1.13 bits per heavy atom. The van der Waals surface area contributed by atoms with Gasteiger partial charge in [0.05, 0.1) is 16.6 Å². The molecule has 0 bridgehead atoms. The number of aryl methyl sites for hydroxylation is 1. The van der Waals surface area contributed by atoms with Gasteiger partial charge in [0.25, 0.3) is 17.5 Å². The standard InChI is InChI=1S/C21H23N3O5S/c25-19(13-7-9-14(10-8-13)24(27)28)23-21-18(16-5-1-2-6-17(16)30-21)20(26)22-12-15-4-3-11-29-15/h7-10,15H,1-6,11-12H2,(H,22,26)(H,23,25)/t15-/m0/s1. The third-order valence-corrected chi connectivity index (χ3v) is 6.69. The summed E-state index contributed by atoms with van der Waals surface area (Å²) in [5.74, 6) is -0.583. The van der Waals surface area contributed by atoms with E-state index in [9.17, 15) is 19.7 Å². The van der Waals surface area contributed by atoms with E-state index in [0.717, 1.165) is 55.6 Å². The van der Waals surface area contributed by atoms with E-state index >= 15 is 0 Å². The minimum absolute atomic E-state index is 0.0431. The summed E-state index contributed by atoms with van der Waals surface area (Å²) >= 11 is 1.45. The molecule has 1 aromatic heterocycles. The van der Waals surface area contributed by atoms with E-state index in [4.69, 9.17) is 4.74 Å². The summed E-state index contributed by atoms with van der Waals surface area (Å²) in [5.41, 5.74) is 1.79. The lowest BCUT2D eigenvalue weighted by molar-refractivity contribution is -0.384. The van der Waals surface area contributed by atoms with Crippen molar-refractivity contribution in [3.8, 4) is 0 Å². The number of nitrogens with one attached hydrogen (secondary N) is 2. The van der Waals surface area contributed by atoms with Crippen molar-refractivity contribution in [1.29, 1.82) is 0 Å². The number of amides is 2. The Kier molecular flexibility index (Phi) is 6.10. The van der Waals surface area contributed by atoms with Crippen LogP contribution in [-0.4, -0.2) is 36.0 Å². The van der Waals surface area contributed by atoms with Crippen molar-refractivity contribution in [1.82, 2.24) is 5.32 Å². The highest BCUT2D eigenvalue weighted by Gasteiger charge is 2.27. The molecule has 0 spiro atoms. The Morgan fingerprint density at radius 3 is 2.60 bits per heavy atom. The number of hydrogen-bond acceptors (Lipinski definition) is 6. The van der Waals surface area contributed by atoms with Crippen molar-refractivity contribution < 1.29 is 19.2 Å². The zero-order valence-corrected chi connectivity index (χ0v) is 17.3. The van der Waals surface area contributed by atoms with Gasteiger partial charge in [-0.1, -0.05) is 0 Å². The number of anilines is 1. The van der Waals surface area contributed by atoms with Crippen molar-refractivity contribution in [3.63, 3.8) is 0 Å². The summed E-state index contributed by atoms with van der Waals surface area (Å²) in [6.45, 7) is 1.18. The Bertz CT molecular complexity index is 964. The number of benzene rings is 1. The molecule has 1 fully saturated rings. The van der Waals surface area contributed by atoms with Crippen molar-refractivity contribution in [3.05, 3.63) is 55.9 Å². The third-order valence-electron chi connectivity index (χ3n) is 5.48. The minimum Gasteiger partial charge on any atom is -0.376 e. The summed E-state index contributed by atoms with van der Waals surface area (Å²) < 4.78 is 5.58. The average Bonchev–Trinajstić information content (AvgIpc) is 3.39. The maximum absolute atomic E-state index is 13.0. The zero-order chi connectivity index (χ0) is 21.1. The number of nitro benzene ring substituents is 1. The summed E-state index contributed by atoms with van der Waals surface area (Å²) in [6, 6.07) is 5.42. The van der Waals surface area contributed by atoms with Crippen LogP contribution < -0.4 is 10.6 Å². The van der Waals surface area contributed by atoms with Gasteiger partial charge in [-0.05, 0) is 56.2 Å². The summed E-state index contributed by atoms with van der Waals surface area (Å²) in [4.78, 5) is 37.2. The van der Waals surface area contributed by atoms with Gasteiger partial charge in [-0.25, -0.2) is 0 Å². The molecule has 9 heteroatoms. The monoisotopic (exact) mass is 429 g/mol. The number of rotatable bonds is 6. The largest absolute Gasteiger partial charge is 0.376 e. The van der Waals surface area contributed by atoms with Crippen molar-refractivity contribution in [2.45, 2.75) is 44.6 Å². The fourth-order valence-electron chi connectivity index (χ4n) is 3.90. The molecule has 158 valence electrons. The van der Waals surface area contributed by atoms with Crippen LogP contribution in [0.15, 0.2) is 24.3 Å². The first-order chi connectivity index (χ1) is 14.5. The van der Waals surface area contributed by atoms with Crippen LogP contribution in [0.2, 0.25) is 0 Å². The molecule has 2 N–H and O–H groups in total. The normalized spacial score (nSPS) is 17.9. The zero-order valence-electron chi connectivity index (χ0n) is 16.4. The molecular formula is C21H23N3O5S. The number of fused-ring (bicyclic) bond motifs is 1. The van der Waals surface area contributed by atoms with E-state index in [1.807, 2.05) is 0 Å². The maximum atomic E-state index is 13.0. The van der Waals surface area contributed by atoms with Crippen LogP contribution >= 0.6 is 11.3 Å². The number of carbonyl (C=O) groups excluding carboxylic acids is 2. The molecule has 1 atom stereocenters. The first-order valence-electron chi connectivity index (χ1n) is 10.1. The van der Waals surface area contributed by atoms with Crippen LogP contribution in [0.5, 0.6) is 0 Å². The second-order valence-electron chi connectivity index (χ2n) is 7.52. The van der Waals surface area contributed by atoms with Crippen LogP contribution in [0.1, 0.15) is 56.8 Å². The number of nitro groups is 1. The Morgan fingerprint density at radius 2 is 1.90 bits per heavy atom. The van der Waals surface area contributed by atoms with Crippen LogP contribution in [0.4, 0.5) is 10.7 Å². The smallest absolute Gasteiger partial charge is 0.269 e. The Balaban J connectivity index is 1.54. The number of non-ortho nitro benzene ring substituents is 1. The molecule has 0 unspecified atom stereocenters. The van der Waals surface area contributed by atoms with Crippen molar-refractivity contribution in [2.75, 3.05) is 18.5 Å². The summed E-state index contributed by atoms with van der Waals surface area (Å²) in [6.07, 6.45) is 5.80. The van der Waals surface area contributed by atoms with Crippen molar-refractivity contribution >= 4 is 33.8 Å². The first kappa shape index (κ1) is 20.5. The van der Waals surface area contributed by atoms with E-state index in [0.29, 0.717) is 22.7 Å². The summed E-state index contributed by atoms with van der Waals surface area (Å²) in [7, 11) is 0. The number of thiophene rings is 1. The second kappa shape index (κ2) is 8.93. The van der Waals surface area contributed by atoms with Gasteiger partial charge >= 0.3 is 0 Å². The van der Waals surface area contributed by atoms with Gasteiger partial charge < -0.3 is 15.4 Å². The highest BCUT2D eigenvalue weighted by atomic mass is 32.1. The van der Waals surface area contributed by atoms with Gasteiger partial charge in [-0.3, -0.25) is 19.7 Å². The highest BCUT2D eigenvalue weighted by molar-refractivity contribution is 7.17.